The number of hydrogen-bond acceptors (Lipinski definition) is 1. The zero-order valence-corrected chi connectivity index (χ0v) is 26.0. The molecule has 0 spiro atoms. The van der Waals surface area contributed by atoms with Gasteiger partial charge in [-0.3, -0.25) is 0 Å². The van der Waals surface area contributed by atoms with E-state index in [9.17, 15) is 0 Å². The number of benzene rings is 7. The molecule has 2 heteroatoms. The summed E-state index contributed by atoms with van der Waals surface area (Å²) in [6.45, 7) is 5.00. The molecule has 10 rings (SSSR count). The lowest BCUT2D eigenvalue weighted by molar-refractivity contribution is 0.646. The monoisotopic (exact) mass is 585 g/mol. The highest BCUT2D eigenvalue weighted by Crippen LogP contribution is 2.54. The van der Waals surface area contributed by atoms with Crippen LogP contribution in [-0.4, -0.2) is 6.71 Å². The molecule has 0 saturated heterocycles. The normalized spacial score (nSPS) is 17.1. The molecule has 0 radical (unpaired) electrons. The molecule has 216 valence electrons. The van der Waals surface area contributed by atoms with Gasteiger partial charge in [-0.15, -0.1) is 0 Å². The van der Waals surface area contributed by atoms with Crippen molar-refractivity contribution in [2.24, 2.45) is 0 Å². The molecule has 0 aromatic heterocycles. The predicted molar refractivity (Wildman–Crippen MR) is 195 cm³/mol. The lowest BCUT2D eigenvalue weighted by Gasteiger charge is -2.46. The molecule has 7 aromatic carbocycles. The minimum absolute atomic E-state index is 0.137. The van der Waals surface area contributed by atoms with Crippen LogP contribution >= 0.6 is 0 Å². The van der Waals surface area contributed by atoms with E-state index in [0.717, 1.165) is 0 Å². The minimum Gasteiger partial charge on any atom is -0.311 e. The van der Waals surface area contributed by atoms with Crippen LogP contribution in [0.1, 0.15) is 47.6 Å². The Bertz CT molecular complexity index is 2400. The summed E-state index contributed by atoms with van der Waals surface area (Å²) in [7, 11) is 0. The molecular formula is C44H32BN. The fourth-order valence-corrected chi connectivity index (χ4v) is 9.02. The van der Waals surface area contributed by atoms with Crippen molar-refractivity contribution in [2.75, 3.05) is 4.90 Å². The second-order valence-electron chi connectivity index (χ2n) is 13.6. The van der Waals surface area contributed by atoms with Crippen molar-refractivity contribution in [3.8, 4) is 0 Å². The third-order valence-corrected chi connectivity index (χ3v) is 11.0. The molecule has 0 saturated carbocycles. The van der Waals surface area contributed by atoms with Gasteiger partial charge in [0.1, 0.15) is 0 Å². The average Bonchev–Trinajstić information content (AvgIpc) is 3.44. The van der Waals surface area contributed by atoms with E-state index >= 15 is 0 Å². The zero-order chi connectivity index (χ0) is 30.6. The van der Waals surface area contributed by atoms with Crippen LogP contribution in [0.4, 0.5) is 11.4 Å². The zero-order valence-electron chi connectivity index (χ0n) is 26.0. The molecule has 7 aromatic rings. The van der Waals surface area contributed by atoms with Crippen molar-refractivity contribution in [3.63, 3.8) is 0 Å². The van der Waals surface area contributed by atoms with Crippen LogP contribution in [0.5, 0.6) is 0 Å². The number of fused-ring (bicyclic) bond motifs is 8. The van der Waals surface area contributed by atoms with Gasteiger partial charge in [0.2, 0.25) is 6.71 Å². The van der Waals surface area contributed by atoms with E-state index in [1.165, 1.54) is 82.8 Å². The van der Waals surface area contributed by atoms with E-state index in [2.05, 4.69) is 170 Å². The molecule has 2 aliphatic heterocycles. The van der Waals surface area contributed by atoms with Gasteiger partial charge in [0.25, 0.3) is 0 Å². The summed E-state index contributed by atoms with van der Waals surface area (Å²) >= 11 is 0. The van der Waals surface area contributed by atoms with E-state index in [0.29, 0.717) is 0 Å². The van der Waals surface area contributed by atoms with Crippen molar-refractivity contribution in [1.82, 2.24) is 0 Å². The highest BCUT2D eigenvalue weighted by atomic mass is 15.2. The van der Waals surface area contributed by atoms with Crippen LogP contribution in [-0.2, 0) is 5.41 Å². The van der Waals surface area contributed by atoms with Crippen molar-refractivity contribution in [2.45, 2.75) is 25.2 Å². The second kappa shape index (κ2) is 9.34. The lowest BCUT2D eigenvalue weighted by atomic mass is 9.28. The molecule has 0 bridgehead atoms. The number of anilines is 2. The molecule has 1 unspecified atom stereocenters. The Hall–Kier alpha value is -5.34. The smallest absolute Gasteiger partial charge is 0.244 e. The van der Waals surface area contributed by atoms with E-state index in [1.54, 1.807) is 0 Å². The molecule has 0 fully saturated rings. The molecule has 0 N–H and O–H groups in total. The first-order valence-electron chi connectivity index (χ1n) is 16.4. The van der Waals surface area contributed by atoms with E-state index in [4.69, 9.17) is 0 Å². The molecule has 2 heterocycles. The van der Waals surface area contributed by atoms with Gasteiger partial charge in [-0.1, -0.05) is 158 Å². The molecule has 1 atom stereocenters. The number of nitrogens with zero attached hydrogens (tertiary/aromatic N) is 1. The summed E-state index contributed by atoms with van der Waals surface area (Å²) in [5.74, 6) is 0.159. The van der Waals surface area contributed by atoms with Gasteiger partial charge in [0, 0.05) is 34.0 Å². The molecule has 1 nitrogen and oxygen atoms in total. The highest BCUT2D eigenvalue weighted by Gasteiger charge is 2.51. The van der Waals surface area contributed by atoms with Gasteiger partial charge in [0.15, 0.2) is 0 Å². The second-order valence-corrected chi connectivity index (χ2v) is 13.6. The SMILES string of the molecule is CC1(C)c2cc3c(ccc4ccccc43)cc2B2C3=C(c4ccccc4C3c3ccccc3)N(c3ccccc3)c3cccc1c32. The third kappa shape index (κ3) is 3.37. The summed E-state index contributed by atoms with van der Waals surface area (Å²) in [5, 5.41) is 5.28. The Labute approximate surface area is 270 Å². The molecule has 46 heavy (non-hydrogen) atoms. The summed E-state index contributed by atoms with van der Waals surface area (Å²) in [4.78, 5) is 2.57. The van der Waals surface area contributed by atoms with Crippen molar-refractivity contribution < 1.29 is 0 Å². The Morgan fingerprint density at radius 1 is 0.587 bits per heavy atom. The molecule has 3 aliphatic rings. The standard InChI is InChI=1S/C44H32BN/c1-44(2)36-22-13-23-39-41(36)45(38-26-30-25-24-28-14-9-10-19-32(28)35(30)27-37(38)44)42-40(29-15-5-3-6-16-29)33-20-11-12-21-34(33)43(42)46(39)31-17-7-4-8-18-31/h3-27,40H,1-2H3. The fraction of sp³-hybridized carbons (Fsp3) is 0.0909. The first kappa shape index (κ1) is 25.9. The van der Waals surface area contributed by atoms with Crippen molar-refractivity contribution in [1.29, 1.82) is 0 Å². The number of para-hydroxylation sites is 1. The van der Waals surface area contributed by atoms with Crippen molar-refractivity contribution >= 4 is 56.3 Å². The molecular weight excluding hydrogens is 553 g/mol. The van der Waals surface area contributed by atoms with Crippen LogP contribution in [0.25, 0.3) is 27.2 Å². The first-order chi connectivity index (χ1) is 22.6. The summed E-state index contributed by atoms with van der Waals surface area (Å²) in [6, 6.07) is 56.9. The summed E-state index contributed by atoms with van der Waals surface area (Å²) < 4.78 is 0. The van der Waals surface area contributed by atoms with Gasteiger partial charge in [-0.05, 0) is 67.5 Å². The van der Waals surface area contributed by atoms with Gasteiger partial charge < -0.3 is 4.90 Å². The summed E-state index contributed by atoms with van der Waals surface area (Å²) in [5.41, 5.74) is 15.0. The fourth-order valence-electron chi connectivity index (χ4n) is 9.02. The van der Waals surface area contributed by atoms with E-state index in [1.807, 2.05) is 0 Å². The van der Waals surface area contributed by atoms with Crippen LogP contribution in [0.15, 0.2) is 157 Å². The van der Waals surface area contributed by atoms with Gasteiger partial charge in [-0.25, -0.2) is 0 Å². The maximum atomic E-state index is 2.57. The van der Waals surface area contributed by atoms with Gasteiger partial charge in [-0.2, -0.15) is 0 Å². The lowest BCUT2D eigenvalue weighted by Crippen LogP contribution is -2.59. The average molecular weight is 586 g/mol. The Morgan fingerprint density at radius 3 is 2.15 bits per heavy atom. The number of rotatable bonds is 2. The Balaban J connectivity index is 1.36. The van der Waals surface area contributed by atoms with Gasteiger partial charge >= 0.3 is 0 Å². The predicted octanol–water partition coefficient (Wildman–Crippen LogP) is 9.49. The summed E-state index contributed by atoms with van der Waals surface area (Å²) in [6.07, 6.45) is 0. The third-order valence-electron chi connectivity index (χ3n) is 11.0. The van der Waals surface area contributed by atoms with Crippen molar-refractivity contribution in [3.05, 3.63) is 185 Å². The molecule has 1 aliphatic carbocycles. The van der Waals surface area contributed by atoms with Crippen LogP contribution in [0, 0.1) is 0 Å². The van der Waals surface area contributed by atoms with Crippen LogP contribution < -0.4 is 15.8 Å². The Kier molecular flexibility index (Phi) is 5.27. The largest absolute Gasteiger partial charge is 0.311 e. The maximum absolute atomic E-state index is 2.57. The number of hydrogen-bond donors (Lipinski definition) is 0. The van der Waals surface area contributed by atoms with E-state index in [-0.39, 0.29) is 18.0 Å². The number of allylic oxidation sites excluding steroid dienone is 1. The minimum atomic E-state index is -0.170. The van der Waals surface area contributed by atoms with E-state index < -0.39 is 0 Å². The quantitative estimate of drug-likeness (QED) is 0.144. The first-order valence-corrected chi connectivity index (χ1v) is 16.4. The maximum Gasteiger partial charge on any atom is 0.244 e. The topological polar surface area (TPSA) is 3.24 Å². The Morgan fingerprint density at radius 2 is 1.30 bits per heavy atom. The molecule has 0 amide bonds. The highest BCUT2D eigenvalue weighted by molar-refractivity contribution is 6.95. The van der Waals surface area contributed by atoms with Gasteiger partial charge in [0.05, 0.1) is 0 Å². The van der Waals surface area contributed by atoms with Crippen LogP contribution in [0.2, 0.25) is 0 Å². The van der Waals surface area contributed by atoms with Crippen LogP contribution in [0.3, 0.4) is 0 Å².